The van der Waals surface area contributed by atoms with Crippen molar-refractivity contribution in [3.63, 3.8) is 0 Å². The first kappa shape index (κ1) is 15.6. The number of nitrogens with zero attached hydrogens (tertiary/aromatic N) is 1. The van der Waals surface area contributed by atoms with Gasteiger partial charge in [-0.15, -0.1) is 0 Å². The molecule has 1 saturated heterocycles. The van der Waals surface area contributed by atoms with E-state index in [1.54, 1.807) is 0 Å². The Labute approximate surface area is 128 Å². The second kappa shape index (κ2) is 6.08. The molecular weight excluding hydrogens is 293 g/mol. The highest BCUT2D eigenvalue weighted by molar-refractivity contribution is 5.39. The number of benzene rings is 1. The number of hydrogen-bond acceptors (Lipinski definition) is 3. The number of phenols is 1. The molecule has 1 atom stereocenters. The fourth-order valence-electron chi connectivity index (χ4n) is 3.13. The fraction of sp³-hybridized carbons (Fsp3) is 0.625. The summed E-state index contributed by atoms with van der Waals surface area (Å²) >= 11 is 0. The summed E-state index contributed by atoms with van der Waals surface area (Å²) in [6, 6.07) is 3.13. The Balaban J connectivity index is 1.91. The Bertz CT molecular complexity index is 523. The molecule has 0 unspecified atom stereocenters. The molecule has 0 aromatic heterocycles. The summed E-state index contributed by atoms with van der Waals surface area (Å²) in [6.07, 6.45) is -1.27. The van der Waals surface area contributed by atoms with Gasteiger partial charge in [-0.2, -0.15) is 13.2 Å². The minimum Gasteiger partial charge on any atom is -0.508 e. The van der Waals surface area contributed by atoms with E-state index in [4.69, 9.17) is 0 Å². The molecule has 1 aromatic rings. The average molecular weight is 314 g/mol. The molecular formula is C16H21F3N2O. The van der Waals surface area contributed by atoms with Gasteiger partial charge < -0.3 is 10.4 Å². The van der Waals surface area contributed by atoms with Crippen molar-refractivity contribution < 1.29 is 18.3 Å². The first-order valence-corrected chi connectivity index (χ1v) is 7.80. The van der Waals surface area contributed by atoms with Crippen LogP contribution in [-0.4, -0.2) is 36.2 Å². The van der Waals surface area contributed by atoms with Crippen LogP contribution in [0.5, 0.6) is 5.75 Å². The van der Waals surface area contributed by atoms with Gasteiger partial charge in [-0.1, -0.05) is 12.8 Å². The monoisotopic (exact) mass is 314 g/mol. The zero-order chi connectivity index (χ0) is 15.7. The number of alkyl halides is 3. The average Bonchev–Trinajstić information content (AvgIpc) is 3.29. The first-order valence-electron chi connectivity index (χ1n) is 7.80. The van der Waals surface area contributed by atoms with Crippen LogP contribution in [0.4, 0.5) is 13.2 Å². The third-order valence-corrected chi connectivity index (χ3v) is 4.56. The minimum atomic E-state index is -4.38. The van der Waals surface area contributed by atoms with Crippen LogP contribution in [0.15, 0.2) is 18.2 Å². The van der Waals surface area contributed by atoms with Gasteiger partial charge in [0.1, 0.15) is 5.75 Å². The van der Waals surface area contributed by atoms with Crippen LogP contribution in [0.3, 0.4) is 0 Å². The van der Waals surface area contributed by atoms with E-state index in [9.17, 15) is 18.3 Å². The van der Waals surface area contributed by atoms with Crippen molar-refractivity contribution in [2.45, 2.75) is 31.5 Å². The van der Waals surface area contributed by atoms with E-state index in [2.05, 4.69) is 10.2 Å². The molecule has 122 valence electrons. The lowest BCUT2D eigenvalue weighted by Gasteiger charge is -2.36. The molecule has 3 nitrogen and oxygen atoms in total. The second-order valence-corrected chi connectivity index (χ2v) is 6.25. The van der Waals surface area contributed by atoms with E-state index in [1.165, 1.54) is 6.07 Å². The highest BCUT2D eigenvalue weighted by atomic mass is 19.4. The first-order chi connectivity index (χ1) is 10.4. The lowest BCUT2D eigenvalue weighted by molar-refractivity contribution is -0.137. The van der Waals surface area contributed by atoms with Crippen molar-refractivity contribution in [2.75, 3.05) is 26.2 Å². The quantitative estimate of drug-likeness (QED) is 0.896. The van der Waals surface area contributed by atoms with Crippen LogP contribution < -0.4 is 5.32 Å². The van der Waals surface area contributed by atoms with Gasteiger partial charge in [0.25, 0.3) is 0 Å². The molecule has 22 heavy (non-hydrogen) atoms. The van der Waals surface area contributed by atoms with Gasteiger partial charge in [0, 0.05) is 37.8 Å². The highest BCUT2D eigenvalue weighted by Gasteiger charge is 2.35. The van der Waals surface area contributed by atoms with Gasteiger partial charge in [-0.05, 0) is 30.5 Å². The van der Waals surface area contributed by atoms with Crippen molar-refractivity contribution in [1.82, 2.24) is 10.2 Å². The zero-order valence-electron chi connectivity index (χ0n) is 12.4. The lowest BCUT2D eigenvalue weighted by Crippen LogP contribution is -2.45. The molecule has 1 saturated carbocycles. The molecule has 1 heterocycles. The number of rotatable bonds is 4. The van der Waals surface area contributed by atoms with E-state index in [-0.39, 0.29) is 11.8 Å². The van der Waals surface area contributed by atoms with Gasteiger partial charge in [-0.3, -0.25) is 4.90 Å². The Morgan fingerprint density at radius 3 is 2.50 bits per heavy atom. The molecule has 0 spiro atoms. The molecule has 2 aliphatic rings. The lowest BCUT2D eigenvalue weighted by atomic mass is 9.96. The molecule has 6 heteroatoms. The number of phenolic OH excluding ortho intramolecular Hbond substituents is 1. The van der Waals surface area contributed by atoms with Crippen molar-refractivity contribution in [3.8, 4) is 5.75 Å². The Kier molecular flexibility index (Phi) is 4.32. The summed E-state index contributed by atoms with van der Waals surface area (Å²) in [5.74, 6) is 0.547. The van der Waals surface area contributed by atoms with Gasteiger partial charge in [0.2, 0.25) is 0 Å². The molecule has 2 fully saturated rings. The smallest absolute Gasteiger partial charge is 0.416 e. The van der Waals surface area contributed by atoms with Crippen LogP contribution >= 0.6 is 0 Å². The molecule has 0 amide bonds. The van der Waals surface area contributed by atoms with Gasteiger partial charge in [0.05, 0.1) is 5.56 Å². The van der Waals surface area contributed by atoms with Crippen LogP contribution in [0.1, 0.15) is 36.4 Å². The van der Waals surface area contributed by atoms with Crippen LogP contribution in [0, 0.1) is 5.92 Å². The summed E-state index contributed by atoms with van der Waals surface area (Å²) in [6.45, 7) is 3.27. The standard InChI is InChI=1S/C16H21F3N2O/c17-16(18,19)12-3-4-15(22)13(10-12)14(9-11-1-2-11)21-7-5-20-6-8-21/h3-4,10-11,14,20,22H,1-2,5-9H2/t14-/m1/s1. The highest BCUT2D eigenvalue weighted by Crippen LogP contribution is 2.43. The number of nitrogens with one attached hydrogen (secondary N) is 1. The van der Waals surface area contributed by atoms with Gasteiger partial charge in [0.15, 0.2) is 0 Å². The normalized spacial score (nSPS) is 21.8. The summed E-state index contributed by atoms with van der Waals surface area (Å²) in [7, 11) is 0. The summed E-state index contributed by atoms with van der Waals surface area (Å²) < 4.78 is 38.9. The Morgan fingerprint density at radius 2 is 1.91 bits per heavy atom. The molecule has 3 rings (SSSR count). The maximum absolute atomic E-state index is 13.0. The summed E-state index contributed by atoms with van der Waals surface area (Å²) in [4.78, 5) is 2.20. The Hall–Kier alpha value is -1.27. The minimum absolute atomic E-state index is 0.0304. The number of piperazine rings is 1. The topological polar surface area (TPSA) is 35.5 Å². The van der Waals surface area contributed by atoms with E-state index in [0.29, 0.717) is 11.5 Å². The predicted octanol–water partition coefficient (Wildman–Crippen LogP) is 3.16. The maximum atomic E-state index is 13.0. The number of aromatic hydroxyl groups is 1. The zero-order valence-corrected chi connectivity index (χ0v) is 12.4. The van der Waals surface area contributed by atoms with Crippen LogP contribution in [0.2, 0.25) is 0 Å². The third-order valence-electron chi connectivity index (χ3n) is 4.56. The second-order valence-electron chi connectivity index (χ2n) is 6.25. The van der Waals surface area contributed by atoms with E-state index in [0.717, 1.165) is 57.6 Å². The van der Waals surface area contributed by atoms with E-state index in [1.807, 2.05) is 0 Å². The molecule has 2 N–H and O–H groups in total. The molecule has 1 aromatic carbocycles. The summed E-state index contributed by atoms with van der Waals surface area (Å²) in [5.41, 5.74) is -0.264. The number of hydrogen-bond donors (Lipinski definition) is 2. The third kappa shape index (κ3) is 3.55. The van der Waals surface area contributed by atoms with Crippen LogP contribution in [-0.2, 0) is 6.18 Å². The van der Waals surface area contributed by atoms with Gasteiger partial charge in [-0.25, -0.2) is 0 Å². The van der Waals surface area contributed by atoms with Crippen molar-refractivity contribution in [1.29, 1.82) is 0 Å². The molecule has 0 bridgehead atoms. The molecule has 0 radical (unpaired) electrons. The van der Waals surface area contributed by atoms with Crippen molar-refractivity contribution in [2.24, 2.45) is 5.92 Å². The fourth-order valence-corrected chi connectivity index (χ4v) is 3.13. The van der Waals surface area contributed by atoms with Crippen LogP contribution in [0.25, 0.3) is 0 Å². The largest absolute Gasteiger partial charge is 0.508 e. The summed E-state index contributed by atoms with van der Waals surface area (Å²) in [5, 5.41) is 13.4. The molecule has 1 aliphatic heterocycles. The van der Waals surface area contributed by atoms with Crippen molar-refractivity contribution >= 4 is 0 Å². The maximum Gasteiger partial charge on any atom is 0.416 e. The SMILES string of the molecule is Oc1ccc(C(F)(F)F)cc1[C@@H](CC1CC1)N1CCNCC1. The predicted molar refractivity (Wildman–Crippen MR) is 77.6 cm³/mol. The Morgan fingerprint density at radius 1 is 1.23 bits per heavy atom. The van der Waals surface area contributed by atoms with E-state index >= 15 is 0 Å². The van der Waals surface area contributed by atoms with Gasteiger partial charge >= 0.3 is 6.18 Å². The molecule has 1 aliphatic carbocycles. The van der Waals surface area contributed by atoms with Crippen molar-refractivity contribution in [3.05, 3.63) is 29.3 Å². The number of halogens is 3. The van der Waals surface area contributed by atoms with E-state index < -0.39 is 11.7 Å².